The molecule has 1 aromatic carbocycles. The van der Waals surface area contributed by atoms with E-state index in [0.717, 1.165) is 24.0 Å². The molecular formula is C17H19N3S. The number of aryl methyl sites for hydroxylation is 1. The minimum absolute atomic E-state index is 0.223. The highest BCUT2D eigenvalue weighted by Crippen LogP contribution is 2.27. The Morgan fingerprint density at radius 1 is 1.10 bits per heavy atom. The van der Waals surface area contributed by atoms with Crippen molar-refractivity contribution < 1.29 is 0 Å². The highest BCUT2D eigenvalue weighted by molar-refractivity contribution is 7.10. The number of rotatable bonds is 5. The van der Waals surface area contributed by atoms with E-state index in [-0.39, 0.29) is 6.04 Å². The van der Waals surface area contributed by atoms with Crippen LogP contribution in [0, 0.1) is 6.92 Å². The zero-order chi connectivity index (χ0) is 14.7. The van der Waals surface area contributed by atoms with E-state index in [1.54, 1.807) is 23.7 Å². The van der Waals surface area contributed by atoms with Crippen molar-refractivity contribution in [2.24, 2.45) is 0 Å². The third-order valence-electron chi connectivity index (χ3n) is 3.51. The van der Waals surface area contributed by atoms with Gasteiger partial charge in [0.1, 0.15) is 0 Å². The van der Waals surface area contributed by atoms with E-state index >= 15 is 0 Å². The molecule has 4 heteroatoms. The Labute approximate surface area is 129 Å². The van der Waals surface area contributed by atoms with Crippen LogP contribution in [-0.2, 0) is 0 Å². The Balaban J connectivity index is 2.00. The predicted molar refractivity (Wildman–Crippen MR) is 88.7 cm³/mol. The molecule has 0 aliphatic rings. The minimum Gasteiger partial charge on any atom is -0.306 e. The first-order chi connectivity index (χ1) is 10.3. The Kier molecular flexibility index (Phi) is 4.27. The molecule has 0 aliphatic heterocycles. The molecule has 2 aromatic heterocycles. The molecule has 3 aromatic rings. The number of fused-ring (bicyclic) bond motifs is 1. The van der Waals surface area contributed by atoms with Crippen molar-refractivity contribution in [1.82, 2.24) is 15.3 Å². The molecule has 0 fully saturated rings. The fraction of sp³-hybridized carbons (Fsp3) is 0.294. The van der Waals surface area contributed by atoms with Crippen LogP contribution in [0.2, 0.25) is 0 Å². The molecule has 1 N–H and O–H groups in total. The molecule has 1 unspecified atom stereocenters. The summed E-state index contributed by atoms with van der Waals surface area (Å²) in [5.74, 6) is 0. The Morgan fingerprint density at radius 2 is 1.90 bits per heavy atom. The summed E-state index contributed by atoms with van der Waals surface area (Å²) in [4.78, 5) is 10.1. The quantitative estimate of drug-likeness (QED) is 0.771. The van der Waals surface area contributed by atoms with Crippen LogP contribution in [0.4, 0.5) is 0 Å². The topological polar surface area (TPSA) is 37.8 Å². The maximum atomic E-state index is 4.42. The lowest BCUT2D eigenvalue weighted by molar-refractivity contribution is 0.600. The average Bonchev–Trinajstić information content (AvgIpc) is 2.94. The smallest absolute Gasteiger partial charge is 0.0890 e. The summed E-state index contributed by atoms with van der Waals surface area (Å²) in [5, 5.41) is 5.88. The first-order valence-electron chi connectivity index (χ1n) is 7.27. The zero-order valence-electron chi connectivity index (χ0n) is 12.3. The summed E-state index contributed by atoms with van der Waals surface area (Å²) in [7, 11) is 0. The van der Waals surface area contributed by atoms with Gasteiger partial charge >= 0.3 is 0 Å². The average molecular weight is 297 g/mol. The second kappa shape index (κ2) is 6.33. The highest BCUT2D eigenvalue weighted by atomic mass is 32.1. The fourth-order valence-electron chi connectivity index (χ4n) is 2.49. The normalized spacial score (nSPS) is 12.7. The summed E-state index contributed by atoms with van der Waals surface area (Å²) in [5.41, 5.74) is 4.46. The molecule has 1 atom stereocenters. The van der Waals surface area contributed by atoms with Gasteiger partial charge in [-0.3, -0.25) is 9.97 Å². The number of nitrogens with one attached hydrogen (secondary N) is 1. The third kappa shape index (κ3) is 3.12. The van der Waals surface area contributed by atoms with Crippen molar-refractivity contribution in [2.45, 2.75) is 26.3 Å². The van der Waals surface area contributed by atoms with Gasteiger partial charge in [-0.25, -0.2) is 0 Å². The Bertz CT molecular complexity index is 735. The van der Waals surface area contributed by atoms with Crippen LogP contribution in [0.1, 0.15) is 35.4 Å². The van der Waals surface area contributed by atoms with Crippen LogP contribution in [0.5, 0.6) is 0 Å². The lowest BCUT2D eigenvalue weighted by Gasteiger charge is -2.18. The van der Waals surface area contributed by atoms with Gasteiger partial charge in [0.2, 0.25) is 0 Å². The molecule has 108 valence electrons. The molecule has 0 aliphatic carbocycles. The van der Waals surface area contributed by atoms with Gasteiger partial charge < -0.3 is 5.32 Å². The summed E-state index contributed by atoms with van der Waals surface area (Å²) in [6.07, 6.45) is 4.60. The van der Waals surface area contributed by atoms with Crippen molar-refractivity contribution in [1.29, 1.82) is 0 Å². The SMILES string of the molecule is CCCNC(c1csc(C)c1)c1ccc2nccnc2c1. The summed E-state index contributed by atoms with van der Waals surface area (Å²) in [6, 6.07) is 8.83. The first-order valence-corrected chi connectivity index (χ1v) is 8.15. The molecular weight excluding hydrogens is 278 g/mol. The molecule has 0 saturated heterocycles. The predicted octanol–water partition coefficient (Wildman–Crippen LogP) is 4.09. The zero-order valence-corrected chi connectivity index (χ0v) is 13.2. The largest absolute Gasteiger partial charge is 0.306 e. The molecule has 0 amide bonds. The molecule has 0 spiro atoms. The molecule has 2 heterocycles. The number of benzene rings is 1. The Morgan fingerprint density at radius 3 is 2.62 bits per heavy atom. The van der Waals surface area contributed by atoms with Gasteiger partial charge in [-0.15, -0.1) is 11.3 Å². The Hall–Kier alpha value is -1.78. The van der Waals surface area contributed by atoms with Gasteiger partial charge in [0.25, 0.3) is 0 Å². The number of aromatic nitrogens is 2. The standard InChI is InChI=1S/C17H19N3S/c1-3-6-20-17(14-9-12(2)21-11-14)13-4-5-15-16(10-13)19-8-7-18-15/h4-5,7-11,17,20H,3,6H2,1-2H3. The van der Waals surface area contributed by atoms with Crippen molar-refractivity contribution in [3.05, 3.63) is 58.0 Å². The van der Waals surface area contributed by atoms with E-state index in [2.05, 4.69) is 58.8 Å². The fourth-order valence-corrected chi connectivity index (χ4v) is 3.22. The van der Waals surface area contributed by atoms with Gasteiger partial charge in [-0.05, 0) is 54.6 Å². The van der Waals surface area contributed by atoms with E-state index in [1.165, 1.54) is 16.0 Å². The highest BCUT2D eigenvalue weighted by Gasteiger charge is 2.15. The van der Waals surface area contributed by atoms with E-state index in [4.69, 9.17) is 0 Å². The number of nitrogens with zero attached hydrogens (tertiary/aromatic N) is 2. The summed E-state index contributed by atoms with van der Waals surface area (Å²) < 4.78 is 0. The van der Waals surface area contributed by atoms with Gasteiger partial charge in [0.15, 0.2) is 0 Å². The maximum Gasteiger partial charge on any atom is 0.0890 e. The second-order valence-corrected chi connectivity index (χ2v) is 6.30. The molecule has 3 nitrogen and oxygen atoms in total. The van der Waals surface area contributed by atoms with Gasteiger partial charge in [0.05, 0.1) is 17.1 Å². The van der Waals surface area contributed by atoms with Crippen LogP contribution in [0.15, 0.2) is 42.0 Å². The number of hydrogen-bond acceptors (Lipinski definition) is 4. The van der Waals surface area contributed by atoms with Gasteiger partial charge in [-0.1, -0.05) is 13.0 Å². The van der Waals surface area contributed by atoms with Gasteiger partial charge in [0, 0.05) is 17.3 Å². The van der Waals surface area contributed by atoms with Crippen LogP contribution in [0.25, 0.3) is 11.0 Å². The molecule has 0 radical (unpaired) electrons. The van der Waals surface area contributed by atoms with Crippen LogP contribution in [0.3, 0.4) is 0 Å². The lowest BCUT2D eigenvalue weighted by Crippen LogP contribution is -2.22. The van der Waals surface area contributed by atoms with E-state index in [1.807, 2.05) is 0 Å². The third-order valence-corrected chi connectivity index (χ3v) is 4.39. The van der Waals surface area contributed by atoms with E-state index in [9.17, 15) is 0 Å². The summed E-state index contributed by atoms with van der Waals surface area (Å²) >= 11 is 1.80. The van der Waals surface area contributed by atoms with Crippen molar-refractivity contribution in [2.75, 3.05) is 6.54 Å². The second-order valence-electron chi connectivity index (χ2n) is 5.18. The van der Waals surface area contributed by atoms with Gasteiger partial charge in [-0.2, -0.15) is 0 Å². The maximum absolute atomic E-state index is 4.42. The van der Waals surface area contributed by atoms with Crippen LogP contribution < -0.4 is 5.32 Å². The lowest BCUT2D eigenvalue weighted by atomic mass is 10.00. The minimum atomic E-state index is 0.223. The monoisotopic (exact) mass is 297 g/mol. The molecule has 0 saturated carbocycles. The molecule has 3 rings (SSSR count). The van der Waals surface area contributed by atoms with E-state index < -0.39 is 0 Å². The van der Waals surface area contributed by atoms with Crippen LogP contribution in [-0.4, -0.2) is 16.5 Å². The van der Waals surface area contributed by atoms with Crippen molar-refractivity contribution in [3.63, 3.8) is 0 Å². The molecule has 0 bridgehead atoms. The van der Waals surface area contributed by atoms with Crippen molar-refractivity contribution >= 4 is 22.4 Å². The van der Waals surface area contributed by atoms with Crippen LogP contribution >= 0.6 is 11.3 Å². The van der Waals surface area contributed by atoms with Crippen molar-refractivity contribution in [3.8, 4) is 0 Å². The first kappa shape index (κ1) is 14.2. The van der Waals surface area contributed by atoms with E-state index in [0.29, 0.717) is 0 Å². The molecule has 21 heavy (non-hydrogen) atoms. The number of hydrogen-bond donors (Lipinski definition) is 1. The summed E-state index contributed by atoms with van der Waals surface area (Å²) in [6.45, 7) is 5.34. The number of thiophene rings is 1.